The zero-order valence-electron chi connectivity index (χ0n) is 34.8. The fourth-order valence-electron chi connectivity index (χ4n) is 1.30. The Hall–Kier alpha value is 2.48. The van der Waals surface area contributed by atoms with Crippen LogP contribution in [0.2, 0.25) is 0 Å². The second-order valence-electron chi connectivity index (χ2n) is 18.7. The standard InChI is InChI=1S/4C8H19N3.4Ag/c4*1-7(2,3)9-11-10-8(4,5)6;;;;/h4*11H,1-6H3;;;;/q4*-2;;;;. The van der Waals surface area contributed by atoms with Crippen LogP contribution >= 0.6 is 0 Å². The van der Waals surface area contributed by atoms with Crippen LogP contribution in [-0.4, -0.2) is 44.3 Å². The minimum atomic E-state index is -0.0608. The molecule has 0 saturated heterocycles. The Morgan fingerprint density at radius 1 is 0.188 bits per heavy atom. The van der Waals surface area contributed by atoms with Gasteiger partial charge in [-0.2, -0.15) is 0 Å². The first-order valence-corrected chi connectivity index (χ1v) is 15.6. The van der Waals surface area contributed by atoms with E-state index in [2.05, 4.69) is 65.5 Å². The van der Waals surface area contributed by atoms with Crippen molar-refractivity contribution in [1.29, 1.82) is 0 Å². The third kappa shape index (κ3) is 91.9. The summed E-state index contributed by atoms with van der Waals surface area (Å²) in [5.41, 5.74) is 43.4. The Morgan fingerprint density at radius 2 is 0.250 bits per heavy atom. The number of rotatable bonds is 8. The molecule has 48 heavy (non-hydrogen) atoms. The average Bonchev–Trinajstić information content (AvgIpc) is 2.60. The van der Waals surface area contributed by atoms with E-state index in [0.29, 0.717) is 0 Å². The third-order valence-corrected chi connectivity index (χ3v) is 3.08. The molecule has 0 aromatic rings. The minimum absolute atomic E-state index is 0. The Kier molecular flexibility index (Phi) is 42.5. The van der Waals surface area contributed by atoms with E-state index < -0.39 is 0 Å². The molecule has 0 amide bonds. The van der Waals surface area contributed by atoms with E-state index in [-0.39, 0.29) is 134 Å². The van der Waals surface area contributed by atoms with Gasteiger partial charge >= 0.3 is 0 Å². The maximum Gasteiger partial charge on any atom is 0 e. The van der Waals surface area contributed by atoms with E-state index in [1.54, 1.807) is 0 Å². The van der Waals surface area contributed by atoms with Crippen molar-refractivity contribution in [1.82, 2.24) is 22.1 Å². The van der Waals surface area contributed by atoms with Crippen LogP contribution in [0.1, 0.15) is 166 Å². The fourth-order valence-corrected chi connectivity index (χ4v) is 1.30. The predicted octanol–water partition coefficient (Wildman–Crippen LogP) is 11.0. The number of hydrogen-bond donors (Lipinski definition) is 4. The topological polar surface area (TPSA) is 161 Å². The smallest absolute Gasteiger partial charge is 0 e. The van der Waals surface area contributed by atoms with E-state index >= 15 is 0 Å². The first-order valence-electron chi connectivity index (χ1n) is 15.6. The Labute approximate surface area is 362 Å². The van der Waals surface area contributed by atoms with Crippen LogP contribution in [0.3, 0.4) is 0 Å². The van der Waals surface area contributed by atoms with Crippen molar-refractivity contribution in [3.8, 4) is 0 Å². The molecule has 0 aromatic heterocycles. The molecule has 0 atom stereocenters. The van der Waals surface area contributed by atoms with Crippen LogP contribution in [0.25, 0.3) is 43.4 Å². The summed E-state index contributed by atoms with van der Waals surface area (Å²) in [6, 6.07) is 0. The summed E-state index contributed by atoms with van der Waals surface area (Å²) in [5, 5.41) is 0. The number of hydrogen-bond acceptors (Lipinski definition) is 4. The molecule has 4 radical (unpaired) electrons. The molecule has 0 heterocycles. The quantitative estimate of drug-likeness (QED) is 0.141. The molecule has 0 bridgehead atoms. The van der Waals surface area contributed by atoms with Crippen LogP contribution < -0.4 is 22.1 Å². The van der Waals surface area contributed by atoms with Crippen molar-refractivity contribution < 1.29 is 89.5 Å². The normalized spacial score (nSPS) is 12.5. The number of nitrogens with zero attached hydrogens (tertiary/aromatic N) is 8. The van der Waals surface area contributed by atoms with E-state index in [1.807, 2.05) is 166 Å². The molecule has 0 fully saturated rings. The SMILES string of the molecule is CC(C)(C)[N-]N[N-]C(C)(C)C.CC(C)(C)[N-]N[N-]C(C)(C)C.CC(C)(C)[N-]N[N-]C(C)(C)C.CC(C)(C)[N-]N[N-]C(C)(C)C.[Ag].[Ag].[Ag].[Ag]. The van der Waals surface area contributed by atoms with Crippen LogP contribution in [-0.2, 0) is 89.5 Å². The molecule has 0 rings (SSSR count). The zero-order valence-corrected chi connectivity index (χ0v) is 40.7. The molecule has 316 valence electrons. The molecule has 0 aliphatic rings. The minimum Gasteiger partial charge on any atom is -0.612 e. The second kappa shape index (κ2) is 29.8. The molecule has 16 heteroatoms. The van der Waals surface area contributed by atoms with Crippen molar-refractivity contribution in [2.24, 2.45) is 0 Å². The Balaban J connectivity index is -0.0000000721. The summed E-state index contributed by atoms with van der Waals surface area (Å²) >= 11 is 0. The van der Waals surface area contributed by atoms with Crippen molar-refractivity contribution in [2.45, 2.75) is 210 Å². The summed E-state index contributed by atoms with van der Waals surface area (Å²) < 4.78 is 0. The van der Waals surface area contributed by atoms with E-state index in [0.717, 1.165) is 0 Å². The fraction of sp³-hybridized carbons (Fsp3) is 1.00. The third-order valence-electron chi connectivity index (χ3n) is 3.08. The van der Waals surface area contributed by atoms with Gasteiger partial charge < -0.3 is 65.5 Å². The van der Waals surface area contributed by atoms with Gasteiger partial charge in [-0.3, -0.25) is 0 Å². The molecule has 0 aromatic carbocycles. The van der Waals surface area contributed by atoms with Gasteiger partial charge in [-0.25, -0.2) is 0 Å². The predicted molar refractivity (Wildman–Crippen MR) is 197 cm³/mol. The second-order valence-corrected chi connectivity index (χ2v) is 18.7. The molecule has 0 aliphatic carbocycles. The van der Waals surface area contributed by atoms with E-state index in [9.17, 15) is 0 Å². The van der Waals surface area contributed by atoms with Gasteiger partial charge in [-0.05, 0) is 0 Å². The summed E-state index contributed by atoms with van der Waals surface area (Å²) in [6.07, 6.45) is 0. The maximum atomic E-state index is 4.13. The first-order chi connectivity index (χ1) is 18.8. The van der Waals surface area contributed by atoms with Gasteiger partial charge in [0.05, 0.1) is 0 Å². The van der Waals surface area contributed by atoms with Gasteiger partial charge in [-0.1, -0.05) is 166 Å². The van der Waals surface area contributed by atoms with Crippen LogP contribution in [0.5, 0.6) is 0 Å². The molecule has 12 nitrogen and oxygen atoms in total. The maximum absolute atomic E-state index is 4.13. The van der Waals surface area contributed by atoms with Gasteiger partial charge in [0.2, 0.25) is 0 Å². The molecule has 0 saturated carbocycles. The van der Waals surface area contributed by atoms with Crippen LogP contribution in [0.15, 0.2) is 0 Å². The summed E-state index contributed by atoms with van der Waals surface area (Å²) in [7, 11) is 0. The molecule has 0 unspecified atom stereocenters. The first kappa shape index (κ1) is 68.5. The van der Waals surface area contributed by atoms with Crippen LogP contribution in [0.4, 0.5) is 0 Å². The summed E-state index contributed by atoms with van der Waals surface area (Å²) in [4.78, 5) is 0. The van der Waals surface area contributed by atoms with Gasteiger partial charge in [0, 0.05) is 89.5 Å². The number of nitrogens with one attached hydrogen (secondary N) is 4. The van der Waals surface area contributed by atoms with Gasteiger partial charge in [-0.15, -0.1) is 44.3 Å². The summed E-state index contributed by atoms with van der Waals surface area (Å²) in [5.74, 6) is 0. The molecule has 4 N–H and O–H groups in total. The van der Waals surface area contributed by atoms with Crippen LogP contribution in [0, 0.1) is 0 Å². The molecule has 0 aliphatic heterocycles. The summed E-state index contributed by atoms with van der Waals surface area (Å²) in [6.45, 7) is 48.6. The zero-order chi connectivity index (χ0) is 36.5. The molecule has 0 spiro atoms. The van der Waals surface area contributed by atoms with E-state index in [4.69, 9.17) is 0 Å². The van der Waals surface area contributed by atoms with E-state index in [1.165, 1.54) is 0 Å². The van der Waals surface area contributed by atoms with Gasteiger partial charge in [0.1, 0.15) is 0 Å². The van der Waals surface area contributed by atoms with Crippen molar-refractivity contribution in [3.63, 3.8) is 0 Å². The Morgan fingerprint density at radius 3 is 0.292 bits per heavy atom. The van der Waals surface area contributed by atoms with Gasteiger partial charge in [0.15, 0.2) is 0 Å². The average molecular weight is 1060 g/mol. The van der Waals surface area contributed by atoms with Crippen molar-refractivity contribution in [3.05, 3.63) is 43.4 Å². The monoisotopic (exact) mass is 1060 g/mol. The van der Waals surface area contributed by atoms with Gasteiger partial charge in [0.25, 0.3) is 0 Å². The molecular weight excluding hydrogens is 984 g/mol. The van der Waals surface area contributed by atoms with Crippen molar-refractivity contribution in [2.75, 3.05) is 0 Å². The van der Waals surface area contributed by atoms with Crippen molar-refractivity contribution >= 4 is 0 Å². The largest absolute Gasteiger partial charge is 0.612 e. The molecular formula is C32H76Ag4N12-8. The Bertz CT molecular complexity index is 514.